The molecule has 0 aliphatic heterocycles. The molecule has 0 radical (unpaired) electrons. The molecule has 0 heterocycles. The number of nitro benzene ring substituents is 1. The van der Waals surface area contributed by atoms with Gasteiger partial charge in [-0.1, -0.05) is 30.3 Å². The zero-order valence-electron chi connectivity index (χ0n) is 14.4. The standard InChI is InChI=1S/C18H17N3O6/c1-12-6-2-3-7-13(12)18(24)19-10-17(23)27-11-16(22)20-14-8-4-5-9-15(14)21(25)26/h2-9H,10-11H2,1H3,(H,19,24)(H,20,22). The van der Waals surface area contributed by atoms with E-state index in [1.165, 1.54) is 24.3 Å². The van der Waals surface area contributed by atoms with Crippen LogP contribution in [0, 0.1) is 17.0 Å². The number of nitrogens with one attached hydrogen (secondary N) is 2. The highest BCUT2D eigenvalue weighted by molar-refractivity contribution is 5.98. The molecule has 2 N–H and O–H groups in total. The first-order chi connectivity index (χ1) is 12.9. The Morgan fingerprint density at radius 2 is 1.74 bits per heavy atom. The van der Waals surface area contributed by atoms with Crippen molar-refractivity contribution in [2.45, 2.75) is 6.92 Å². The number of para-hydroxylation sites is 2. The fourth-order valence-corrected chi connectivity index (χ4v) is 2.20. The lowest BCUT2D eigenvalue weighted by Crippen LogP contribution is -2.32. The largest absolute Gasteiger partial charge is 0.454 e. The second-order valence-electron chi connectivity index (χ2n) is 5.48. The maximum absolute atomic E-state index is 12.0. The van der Waals surface area contributed by atoms with Crippen LogP contribution < -0.4 is 10.6 Å². The summed E-state index contributed by atoms with van der Waals surface area (Å²) in [6, 6.07) is 12.5. The number of esters is 1. The van der Waals surface area contributed by atoms with Gasteiger partial charge >= 0.3 is 5.97 Å². The van der Waals surface area contributed by atoms with Crippen molar-refractivity contribution in [3.63, 3.8) is 0 Å². The van der Waals surface area contributed by atoms with Crippen molar-refractivity contribution in [3.05, 3.63) is 69.8 Å². The fourth-order valence-electron chi connectivity index (χ4n) is 2.20. The molecule has 0 spiro atoms. The van der Waals surface area contributed by atoms with E-state index in [2.05, 4.69) is 10.6 Å². The van der Waals surface area contributed by atoms with Crippen LogP contribution in [-0.4, -0.2) is 35.9 Å². The van der Waals surface area contributed by atoms with Gasteiger partial charge in [-0.15, -0.1) is 0 Å². The minimum Gasteiger partial charge on any atom is -0.454 e. The van der Waals surface area contributed by atoms with Crippen LogP contribution in [0.15, 0.2) is 48.5 Å². The monoisotopic (exact) mass is 371 g/mol. The number of aryl methyl sites for hydroxylation is 1. The Balaban J connectivity index is 1.80. The number of amides is 2. The van der Waals surface area contributed by atoms with Crippen molar-refractivity contribution in [1.82, 2.24) is 5.32 Å². The minimum atomic E-state index is -0.811. The molecule has 0 atom stereocenters. The topological polar surface area (TPSA) is 128 Å². The Hall–Kier alpha value is -3.75. The molecule has 0 aromatic heterocycles. The number of nitro groups is 1. The summed E-state index contributed by atoms with van der Waals surface area (Å²) >= 11 is 0. The van der Waals surface area contributed by atoms with E-state index < -0.39 is 35.9 Å². The first kappa shape index (κ1) is 19.6. The number of benzene rings is 2. The van der Waals surface area contributed by atoms with Crippen LogP contribution in [0.1, 0.15) is 15.9 Å². The molecular weight excluding hydrogens is 354 g/mol. The average molecular weight is 371 g/mol. The Kier molecular flexibility index (Phi) is 6.59. The predicted molar refractivity (Wildman–Crippen MR) is 96.2 cm³/mol. The third kappa shape index (κ3) is 5.63. The molecule has 2 rings (SSSR count). The Labute approximate surface area is 154 Å². The van der Waals surface area contributed by atoms with Gasteiger partial charge in [0.05, 0.1) is 4.92 Å². The fraction of sp³-hybridized carbons (Fsp3) is 0.167. The summed E-state index contributed by atoms with van der Waals surface area (Å²) in [7, 11) is 0. The van der Waals surface area contributed by atoms with E-state index in [9.17, 15) is 24.5 Å². The van der Waals surface area contributed by atoms with Gasteiger partial charge in [0.25, 0.3) is 17.5 Å². The number of carbonyl (C=O) groups is 3. The van der Waals surface area contributed by atoms with Crippen LogP contribution >= 0.6 is 0 Å². The van der Waals surface area contributed by atoms with E-state index in [1.54, 1.807) is 31.2 Å². The molecule has 0 bridgehead atoms. The lowest BCUT2D eigenvalue weighted by molar-refractivity contribution is -0.383. The smallest absolute Gasteiger partial charge is 0.325 e. The quantitative estimate of drug-likeness (QED) is 0.434. The predicted octanol–water partition coefficient (Wildman–Crippen LogP) is 1.81. The maximum atomic E-state index is 12.0. The van der Waals surface area contributed by atoms with Gasteiger partial charge in [-0.3, -0.25) is 24.5 Å². The van der Waals surface area contributed by atoms with Crippen LogP contribution in [0.25, 0.3) is 0 Å². The van der Waals surface area contributed by atoms with Gasteiger partial charge in [-0.25, -0.2) is 0 Å². The molecular formula is C18H17N3O6. The number of rotatable bonds is 7. The van der Waals surface area contributed by atoms with Gasteiger partial charge in [-0.2, -0.15) is 0 Å². The van der Waals surface area contributed by atoms with Gasteiger partial charge in [0, 0.05) is 11.6 Å². The third-order valence-corrected chi connectivity index (χ3v) is 3.52. The van der Waals surface area contributed by atoms with Crippen molar-refractivity contribution in [3.8, 4) is 0 Å². The van der Waals surface area contributed by atoms with E-state index in [1.807, 2.05) is 0 Å². The Morgan fingerprint density at radius 1 is 1.07 bits per heavy atom. The Morgan fingerprint density at radius 3 is 2.44 bits per heavy atom. The molecule has 2 amide bonds. The summed E-state index contributed by atoms with van der Waals surface area (Å²) in [6.45, 7) is 0.720. The first-order valence-electron chi connectivity index (χ1n) is 7.91. The summed E-state index contributed by atoms with van der Waals surface area (Å²) in [5, 5.41) is 15.6. The summed E-state index contributed by atoms with van der Waals surface area (Å²) < 4.78 is 4.76. The molecule has 140 valence electrons. The van der Waals surface area contributed by atoms with Crippen molar-refractivity contribution >= 4 is 29.2 Å². The molecule has 0 saturated carbocycles. The highest BCUT2D eigenvalue weighted by atomic mass is 16.6. The zero-order valence-corrected chi connectivity index (χ0v) is 14.4. The molecule has 2 aromatic rings. The molecule has 0 unspecified atom stereocenters. The lowest BCUT2D eigenvalue weighted by atomic mass is 10.1. The van der Waals surface area contributed by atoms with Crippen molar-refractivity contribution in [2.75, 3.05) is 18.5 Å². The van der Waals surface area contributed by atoms with Crippen molar-refractivity contribution < 1.29 is 24.0 Å². The second kappa shape index (κ2) is 9.09. The van der Waals surface area contributed by atoms with Crippen LogP contribution in [-0.2, 0) is 14.3 Å². The molecule has 27 heavy (non-hydrogen) atoms. The zero-order chi connectivity index (χ0) is 19.8. The average Bonchev–Trinajstić information content (AvgIpc) is 2.65. The van der Waals surface area contributed by atoms with Crippen molar-refractivity contribution in [2.24, 2.45) is 0 Å². The molecule has 2 aromatic carbocycles. The van der Waals surface area contributed by atoms with E-state index in [4.69, 9.17) is 4.74 Å². The van der Waals surface area contributed by atoms with Gasteiger partial charge in [-0.05, 0) is 24.6 Å². The molecule has 9 heteroatoms. The van der Waals surface area contributed by atoms with Gasteiger partial charge < -0.3 is 15.4 Å². The molecule has 0 saturated heterocycles. The number of hydrogen-bond donors (Lipinski definition) is 2. The molecule has 0 fully saturated rings. The maximum Gasteiger partial charge on any atom is 0.325 e. The van der Waals surface area contributed by atoms with Crippen molar-refractivity contribution in [1.29, 1.82) is 0 Å². The minimum absolute atomic E-state index is 0.00333. The highest BCUT2D eigenvalue weighted by Gasteiger charge is 2.16. The van der Waals surface area contributed by atoms with E-state index in [-0.39, 0.29) is 11.4 Å². The van der Waals surface area contributed by atoms with Gasteiger partial charge in [0.15, 0.2) is 6.61 Å². The van der Waals surface area contributed by atoms with Crippen LogP contribution in [0.5, 0.6) is 0 Å². The van der Waals surface area contributed by atoms with Gasteiger partial charge in [0.2, 0.25) is 0 Å². The van der Waals surface area contributed by atoms with Crippen LogP contribution in [0.2, 0.25) is 0 Å². The van der Waals surface area contributed by atoms with E-state index in [0.717, 1.165) is 5.56 Å². The highest BCUT2D eigenvalue weighted by Crippen LogP contribution is 2.22. The summed E-state index contributed by atoms with van der Waals surface area (Å²) in [5.74, 6) is -1.98. The number of hydrogen-bond acceptors (Lipinski definition) is 6. The third-order valence-electron chi connectivity index (χ3n) is 3.52. The number of anilines is 1. The normalized spacial score (nSPS) is 9.96. The Bertz CT molecular complexity index is 881. The first-order valence-corrected chi connectivity index (χ1v) is 7.91. The molecule has 9 nitrogen and oxygen atoms in total. The molecule has 0 aliphatic carbocycles. The second-order valence-corrected chi connectivity index (χ2v) is 5.48. The van der Waals surface area contributed by atoms with E-state index in [0.29, 0.717) is 5.56 Å². The summed E-state index contributed by atoms with van der Waals surface area (Å²) in [5.41, 5.74) is 0.908. The number of ether oxygens (including phenoxy) is 1. The lowest BCUT2D eigenvalue weighted by Gasteiger charge is -2.09. The number of nitrogens with zero attached hydrogens (tertiary/aromatic N) is 1. The number of carbonyl (C=O) groups excluding carboxylic acids is 3. The SMILES string of the molecule is Cc1ccccc1C(=O)NCC(=O)OCC(=O)Nc1ccccc1[N+](=O)[O-]. The summed E-state index contributed by atoms with van der Waals surface area (Å²) in [4.78, 5) is 45.7. The molecule has 0 aliphatic rings. The summed E-state index contributed by atoms with van der Waals surface area (Å²) in [6.07, 6.45) is 0. The van der Waals surface area contributed by atoms with E-state index >= 15 is 0 Å². The van der Waals surface area contributed by atoms with Crippen LogP contribution in [0.4, 0.5) is 11.4 Å². The van der Waals surface area contributed by atoms with Gasteiger partial charge in [0.1, 0.15) is 12.2 Å². The van der Waals surface area contributed by atoms with Crippen LogP contribution in [0.3, 0.4) is 0 Å².